The van der Waals surface area contributed by atoms with Gasteiger partial charge in [0.25, 0.3) is 0 Å². The normalized spacial score (nSPS) is 11.1. The van der Waals surface area contributed by atoms with E-state index in [4.69, 9.17) is 15.9 Å². The summed E-state index contributed by atoms with van der Waals surface area (Å²) >= 11 is 0. The van der Waals surface area contributed by atoms with E-state index in [2.05, 4.69) is 4.99 Å². The second-order valence-electron chi connectivity index (χ2n) is 1.34. The molecule has 0 aliphatic heterocycles. The first-order valence-electron chi connectivity index (χ1n) is 2.65. The van der Waals surface area contributed by atoms with Crippen molar-refractivity contribution in [3.8, 4) is 0 Å². The summed E-state index contributed by atoms with van der Waals surface area (Å²) in [4.78, 5) is 3.64. The van der Waals surface area contributed by atoms with Crippen molar-refractivity contribution in [1.82, 2.24) is 0 Å². The van der Waals surface area contributed by atoms with Crippen LogP contribution in [0.2, 0.25) is 0 Å². The second-order valence-corrected chi connectivity index (χ2v) is 1.34. The van der Waals surface area contributed by atoms with Crippen LogP contribution in [-0.2, 0) is 4.74 Å². The molecule has 0 aromatic carbocycles. The van der Waals surface area contributed by atoms with Gasteiger partial charge in [-0.15, -0.1) is 0 Å². The molecule has 9 heavy (non-hydrogen) atoms. The van der Waals surface area contributed by atoms with Crippen molar-refractivity contribution in [3.05, 3.63) is 0 Å². The lowest BCUT2D eigenvalue weighted by molar-refractivity contribution is 0.322. The molecule has 0 unspecified atom stereocenters. The van der Waals surface area contributed by atoms with Gasteiger partial charge in [0, 0.05) is 13.6 Å². The van der Waals surface area contributed by atoms with Crippen molar-refractivity contribution in [3.63, 3.8) is 0 Å². The smallest absolute Gasteiger partial charge is 0.226 e. The molecule has 0 fully saturated rings. The lowest BCUT2D eigenvalue weighted by Gasteiger charge is -1.99. The lowest BCUT2D eigenvalue weighted by atomic mass is 10.7. The molecule has 0 heterocycles. The van der Waals surface area contributed by atoms with E-state index in [9.17, 15) is 0 Å². The van der Waals surface area contributed by atoms with Crippen molar-refractivity contribution in [2.45, 2.75) is 0 Å². The van der Waals surface area contributed by atoms with Crippen molar-refractivity contribution in [2.75, 3.05) is 20.2 Å². The molecule has 4 nitrogen and oxygen atoms in total. The van der Waals surface area contributed by atoms with E-state index in [0.717, 1.165) is 6.21 Å². The van der Waals surface area contributed by atoms with Crippen LogP contribution in [0.15, 0.2) is 4.99 Å². The molecule has 52 valence electrons. The van der Waals surface area contributed by atoms with Crippen LogP contribution in [0, 0.1) is 5.41 Å². The van der Waals surface area contributed by atoms with E-state index >= 15 is 0 Å². The van der Waals surface area contributed by atoms with Crippen LogP contribution in [0.1, 0.15) is 0 Å². The maximum Gasteiger partial charge on any atom is 0.226 e. The fourth-order valence-corrected chi connectivity index (χ4v) is 0.334. The molecule has 0 saturated carbocycles. The van der Waals surface area contributed by atoms with Gasteiger partial charge in [-0.1, -0.05) is 0 Å². The Morgan fingerprint density at radius 1 is 1.89 bits per heavy atom. The van der Waals surface area contributed by atoms with Gasteiger partial charge in [-0.25, -0.2) is 0 Å². The maximum absolute atomic E-state index is 6.72. The molecule has 0 aliphatic carbocycles. The van der Waals surface area contributed by atoms with Crippen molar-refractivity contribution < 1.29 is 4.74 Å². The summed E-state index contributed by atoms with van der Waals surface area (Å²) in [5.41, 5.74) is 5.13. The van der Waals surface area contributed by atoms with E-state index in [0.29, 0.717) is 19.0 Å². The number of nitrogens with zero attached hydrogens (tertiary/aromatic N) is 1. The number of hydrogen-bond acceptors (Lipinski definition) is 4. The van der Waals surface area contributed by atoms with Crippen LogP contribution in [0.3, 0.4) is 0 Å². The standard InChI is InChI=1S/C5H11N3O/c1-8-5(4-7)9-3-2-6/h4,7H,2-3,6H2,1H3/b7-4?,8-5+. The molecule has 0 bridgehead atoms. The van der Waals surface area contributed by atoms with Crippen molar-refractivity contribution >= 4 is 12.1 Å². The lowest BCUT2D eigenvalue weighted by Crippen LogP contribution is -2.13. The maximum atomic E-state index is 6.72. The van der Waals surface area contributed by atoms with Crippen LogP contribution in [0.25, 0.3) is 0 Å². The molecule has 0 saturated heterocycles. The Hall–Kier alpha value is -0.900. The fraction of sp³-hybridized carbons (Fsp3) is 0.600. The first-order chi connectivity index (χ1) is 4.35. The highest BCUT2D eigenvalue weighted by Crippen LogP contribution is 1.74. The van der Waals surface area contributed by atoms with Crippen LogP contribution >= 0.6 is 0 Å². The minimum Gasteiger partial charge on any atom is -0.475 e. The molecule has 0 atom stereocenters. The van der Waals surface area contributed by atoms with Crippen LogP contribution in [-0.4, -0.2) is 32.3 Å². The molecule has 0 aromatic heterocycles. The van der Waals surface area contributed by atoms with Crippen molar-refractivity contribution in [1.29, 1.82) is 5.41 Å². The zero-order chi connectivity index (χ0) is 7.11. The zero-order valence-corrected chi connectivity index (χ0v) is 5.42. The average molecular weight is 129 g/mol. The van der Waals surface area contributed by atoms with Gasteiger partial charge in [0.15, 0.2) is 0 Å². The Morgan fingerprint density at radius 2 is 2.56 bits per heavy atom. The molecular weight excluding hydrogens is 118 g/mol. The zero-order valence-electron chi connectivity index (χ0n) is 5.42. The predicted molar refractivity (Wildman–Crippen MR) is 37.1 cm³/mol. The number of aliphatic imine (C=N–C) groups is 1. The number of ether oxygens (including phenoxy) is 1. The quantitative estimate of drug-likeness (QED) is 0.403. The van der Waals surface area contributed by atoms with E-state index in [-0.39, 0.29) is 0 Å². The topological polar surface area (TPSA) is 71.5 Å². The van der Waals surface area contributed by atoms with E-state index in [1.165, 1.54) is 0 Å². The monoisotopic (exact) mass is 129 g/mol. The van der Waals surface area contributed by atoms with Gasteiger partial charge in [0.2, 0.25) is 5.90 Å². The van der Waals surface area contributed by atoms with Crippen LogP contribution in [0.4, 0.5) is 0 Å². The fourth-order valence-electron chi connectivity index (χ4n) is 0.334. The number of hydrogen-bond donors (Lipinski definition) is 2. The molecule has 0 spiro atoms. The molecule has 0 radical (unpaired) electrons. The van der Waals surface area contributed by atoms with Gasteiger partial charge in [-0.2, -0.15) is 0 Å². The van der Waals surface area contributed by atoms with Gasteiger partial charge in [0.1, 0.15) is 6.61 Å². The molecular formula is C5H11N3O. The molecule has 0 amide bonds. The third-order valence-corrected chi connectivity index (χ3v) is 0.712. The molecule has 3 N–H and O–H groups in total. The highest BCUT2D eigenvalue weighted by molar-refractivity contribution is 6.24. The Bertz CT molecular complexity index is 111. The highest BCUT2D eigenvalue weighted by atomic mass is 16.5. The van der Waals surface area contributed by atoms with Crippen LogP contribution < -0.4 is 5.73 Å². The number of rotatable bonds is 3. The summed E-state index contributed by atoms with van der Waals surface area (Å²) < 4.78 is 4.87. The first-order valence-corrected chi connectivity index (χ1v) is 2.65. The summed E-state index contributed by atoms with van der Waals surface area (Å²) in [6, 6.07) is 0. The SMILES string of the molecule is C/N=C(\C=N)OCCN. The second kappa shape index (κ2) is 5.24. The number of nitrogens with two attached hydrogens (primary N) is 1. The van der Waals surface area contributed by atoms with E-state index in [1.807, 2.05) is 0 Å². The predicted octanol–water partition coefficient (Wildman–Crippen LogP) is -0.360. The van der Waals surface area contributed by atoms with Gasteiger partial charge in [-0.05, 0) is 0 Å². The van der Waals surface area contributed by atoms with Gasteiger partial charge in [0.05, 0.1) is 6.21 Å². The summed E-state index contributed by atoms with van der Waals surface area (Å²) in [6.45, 7) is 0.870. The van der Waals surface area contributed by atoms with Gasteiger partial charge in [-0.3, -0.25) is 4.99 Å². The van der Waals surface area contributed by atoms with Crippen molar-refractivity contribution in [2.24, 2.45) is 10.7 Å². The highest BCUT2D eigenvalue weighted by Gasteiger charge is 1.89. The first kappa shape index (κ1) is 8.10. The Balaban J connectivity index is 3.45. The van der Waals surface area contributed by atoms with E-state index < -0.39 is 0 Å². The average Bonchev–Trinajstić information content (AvgIpc) is 1.91. The van der Waals surface area contributed by atoms with E-state index in [1.54, 1.807) is 7.05 Å². The molecule has 0 aromatic rings. The molecule has 0 aliphatic rings. The number of nitrogens with one attached hydrogen (secondary N) is 1. The van der Waals surface area contributed by atoms with Gasteiger partial charge >= 0.3 is 0 Å². The summed E-state index contributed by atoms with van der Waals surface area (Å²) in [7, 11) is 1.57. The Morgan fingerprint density at radius 3 is 2.89 bits per heavy atom. The third-order valence-electron chi connectivity index (χ3n) is 0.712. The Kier molecular flexibility index (Phi) is 4.72. The third kappa shape index (κ3) is 3.66. The molecule has 4 heteroatoms. The van der Waals surface area contributed by atoms with Crippen LogP contribution in [0.5, 0.6) is 0 Å². The minimum absolute atomic E-state index is 0.320. The van der Waals surface area contributed by atoms with Gasteiger partial charge < -0.3 is 15.9 Å². The molecule has 0 rings (SSSR count). The minimum atomic E-state index is 0.320. The summed E-state index contributed by atoms with van der Waals surface area (Å²) in [5, 5.41) is 6.72. The Labute approximate surface area is 54.2 Å². The summed E-state index contributed by atoms with van der Waals surface area (Å²) in [5.74, 6) is 0.320. The largest absolute Gasteiger partial charge is 0.475 e. The summed E-state index contributed by atoms with van der Waals surface area (Å²) in [6.07, 6.45) is 1.05.